The number of carboxylic acid groups (broad SMARTS) is 1. The molecule has 0 aromatic heterocycles. The van der Waals surface area contributed by atoms with E-state index < -0.39 is 65.5 Å². The Balaban J connectivity index is 1.54. The summed E-state index contributed by atoms with van der Waals surface area (Å²) < 4.78 is 11.6. The van der Waals surface area contributed by atoms with Gasteiger partial charge in [0.05, 0.1) is 31.0 Å². The van der Waals surface area contributed by atoms with Crippen LogP contribution >= 0.6 is 0 Å². The van der Waals surface area contributed by atoms with E-state index in [1.54, 1.807) is 18.7 Å². The molecule has 5 rings (SSSR count). The highest BCUT2D eigenvalue weighted by molar-refractivity contribution is 5.98. The Labute approximate surface area is 373 Å². The van der Waals surface area contributed by atoms with Gasteiger partial charge in [-0.3, -0.25) is 20.2 Å². The van der Waals surface area contributed by atoms with Crippen LogP contribution in [0.5, 0.6) is 0 Å². The zero-order chi connectivity index (χ0) is 45.6. The molecule has 5 atom stereocenters. The maximum absolute atomic E-state index is 14.5. The van der Waals surface area contributed by atoms with Gasteiger partial charge in [0.25, 0.3) is 0 Å². The fourth-order valence-electron chi connectivity index (χ4n) is 9.71. The smallest absolute Gasteiger partial charge is 0.413 e. The van der Waals surface area contributed by atoms with Gasteiger partial charge in [-0.2, -0.15) is 10.5 Å². The number of piperidine rings is 2. The van der Waals surface area contributed by atoms with Crippen molar-refractivity contribution in [1.29, 1.82) is 10.5 Å². The number of carbonyl (C=O) groups is 4. The van der Waals surface area contributed by atoms with E-state index in [9.17, 15) is 34.8 Å². The number of alkyl carbamates (subject to hydrolysis) is 1. The van der Waals surface area contributed by atoms with Crippen molar-refractivity contribution in [2.45, 2.75) is 165 Å². The number of nitrogens with zero attached hydrogens (tertiary/aromatic N) is 7. The summed E-state index contributed by atoms with van der Waals surface area (Å²) in [6, 6.07) is 2.79. The number of nitriles is 2. The molecular formula is C44H72N12O7. The molecule has 6 N–H and O–H groups in total. The molecule has 350 valence electrons. The van der Waals surface area contributed by atoms with Gasteiger partial charge in [-0.25, -0.2) is 19.6 Å². The van der Waals surface area contributed by atoms with Gasteiger partial charge in [0, 0.05) is 32.7 Å². The summed E-state index contributed by atoms with van der Waals surface area (Å²) in [5, 5.41) is 45.2. The van der Waals surface area contributed by atoms with E-state index in [1.165, 1.54) is 0 Å². The van der Waals surface area contributed by atoms with Crippen molar-refractivity contribution in [2.75, 3.05) is 53.4 Å². The minimum atomic E-state index is -1.42. The molecule has 0 aromatic carbocycles. The molecule has 19 nitrogen and oxygen atoms in total. The van der Waals surface area contributed by atoms with Crippen LogP contribution in [-0.4, -0.2) is 151 Å². The third-order valence-electron chi connectivity index (χ3n) is 13.5. The van der Waals surface area contributed by atoms with Crippen molar-refractivity contribution < 1.29 is 33.8 Å². The van der Waals surface area contributed by atoms with E-state index in [1.807, 2.05) is 21.0 Å². The van der Waals surface area contributed by atoms with Crippen LogP contribution in [-0.2, 0) is 19.1 Å². The van der Waals surface area contributed by atoms with Gasteiger partial charge < -0.3 is 45.2 Å². The first-order chi connectivity index (χ1) is 30.2. The Morgan fingerprint density at radius 1 is 0.810 bits per heavy atom. The fraction of sp³-hybridized carbons (Fsp3) is 0.818. The molecule has 5 aliphatic rings. The molecule has 2 saturated carbocycles. The van der Waals surface area contributed by atoms with Gasteiger partial charge in [-0.05, 0) is 85.2 Å². The third kappa shape index (κ3) is 14.4. The molecule has 3 aliphatic heterocycles. The van der Waals surface area contributed by atoms with Gasteiger partial charge in [0.15, 0.2) is 6.17 Å². The summed E-state index contributed by atoms with van der Waals surface area (Å²) in [5.41, 5.74) is -2.14. The second-order valence-electron chi connectivity index (χ2n) is 18.6. The molecule has 2 aliphatic carbocycles. The van der Waals surface area contributed by atoms with E-state index in [-0.39, 0.29) is 36.9 Å². The third-order valence-corrected chi connectivity index (χ3v) is 13.5. The lowest BCUT2D eigenvalue weighted by Gasteiger charge is -2.42. The Morgan fingerprint density at radius 3 is 1.84 bits per heavy atom. The first kappa shape index (κ1) is 49.3. The standard InChI is InChI=1S/C44H72N12O7/c1-6-62-42(61)51-40(48-35(26-33-15-11-8-12-16-33)38(58)53-44(29-46)19-23-55(5)24-20-44)56-27-30(2)63-31(3)36(56)49-39(50-41(59)60)47-34(25-32-13-9-7-10-14-32)37(57)52-43(28-45)17-21-54(4)22-18-43/h30-36H,6-27H2,1-5H3,(H,52,57)(H,53,58)(H,59,60)(H2,47,49,50)(H,48,51,61)/t30?,31?,34-,35-,36?/m0/s1. The monoisotopic (exact) mass is 881 g/mol. The average molecular weight is 881 g/mol. The number of morpholine rings is 1. The molecule has 3 heterocycles. The van der Waals surface area contributed by atoms with Crippen LogP contribution in [0.25, 0.3) is 0 Å². The number of nitrogens with one attached hydrogen (secondary N) is 5. The second kappa shape index (κ2) is 23.3. The predicted molar refractivity (Wildman–Crippen MR) is 236 cm³/mol. The maximum atomic E-state index is 14.5. The molecule has 63 heavy (non-hydrogen) atoms. The number of amides is 4. The summed E-state index contributed by atoms with van der Waals surface area (Å²) in [6.45, 7) is 8.04. The lowest BCUT2D eigenvalue weighted by molar-refractivity contribution is -0.125. The summed E-state index contributed by atoms with van der Waals surface area (Å²) in [7, 11) is 3.95. The number of carbonyl (C=O) groups excluding carboxylic acids is 3. The number of hydrogen-bond acceptors (Lipinski definition) is 12. The first-order valence-electron chi connectivity index (χ1n) is 23.3. The van der Waals surface area contributed by atoms with Crippen molar-refractivity contribution >= 4 is 35.9 Å². The first-order valence-corrected chi connectivity index (χ1v) is 23.3. The summed E-state index contributed by atoms with van der Waals surface area (Å²) in [6.07, 6.45) is 8.18. The second-order valence-corrected chi connectivity index (χ2v) is 18.6. The fourth-order valence-corrected chi connectivity index (χ4v) is 9.71. The Morgan fingerprint density at radius 2 is 1.33 bits per heavy atom. The lowest BCUT2D eigenvalue weighted by atomic mass is 9.84. The van der Waals surface area contributed by atoms with Gasteiger partial charge >= 0.3 is 12.2 Å². The average Bonchev–Trinajstić information content (AvgIpc) is 3.26. The number of hydrogen-bond donors (Lipinski definition) is 6. The summed E-state index contributed by atoms with van der Waals surface area (Å²) in [4.78, 5) is 70.4. The van der Waals surface area contributed by atoms with Crippen LogP contribution < -0.4 is 26.6 Å². The minimum Gasteiger partial charge on any atom is -0.465 e. The van der Waals surface area contributed by atoms with E-state index in [2.05, 4.69) is 48.5 Å². The van der Waals surface area contributed by atoms with E-state index in [0.29, 0.717) is 64.7 Å². The Kier molecular flexibility index (Phi) is 18.2. The SMILES string of the molecule is CCOC(=O)NC(=N[C@@H](CC1CCCCC1)C(=O)NC1(C#N)CCN(C)CC1)N1CC(C)OC(C)C1/N=C(/NC(=O)O)N[C@@H](CC1CCCCC1)C(=O)NC1(C#N)CCN(C)CC1. The summed E-state index contributed by atoms with van der Waals surface area (Å²) >= 11 is 0. The quantitative estimate of drug-likeness (QED) is 0.121. The molecule has 3 saturated heterocycles. The predicted octanol–water partition coefficient (Wildman–Crippen LogP) is 3.62. The Bertz CT molecular complexity index is 1700. The highest BCUT2D eigenvalue weighted by atomic mass is 16.5. The van der Waals surface area contributed by atoms with E-state index in [0.717, 1.165) is 64.2 Å². The topological polar surface area (TPSA) is 249 Å². The van der Waals surface area contributed by atoms with Crippen LogP contribution in [0.1, 0.15) is 124 Å². The number of ether oxygens (including phenoxy) is 2. The van der Waals surface area contributed by atoms with Crippen LogP contribution in [0.3, 0.4) is 0 Å². The normalized spacial score (nSPS) is 26.2. The molecule has 19 heteroatoms. The van der Waals surface area contributed by atoms with Crippen LogP contribution in [0.2, 0.25) is 0 Å². The molecule has 0 bridgehead atoms. The molecular weight excluding hydrogens is 809 g/mol. The van der Waals surface area contributed by atoms with Crippen LogP contribution in [0.15, 0.2) is 9.98 Å². The van der Waals surface area contributed by atoms with Crippen molar-refractivity contribution in [1.82, 2.24) is 41.3 Å². The van der Waals surface area contributed by atoms with Gasteiger partial charge in [-0.1, -0.05) is 64.2 Å². The Hall–Kier alpha value is -4.72. The van der Waals surface area contributed by atoms with E-state index in [4.69, 9.17) is 19.5 Å². The number of aliphatic imine (C=N–C) groups is 2. The lowest BCUT2D eigenvalue weighted by Crippen LogP contribution is -2.62. The zero-order valence-corrected chi connectivity index (χ0v) is 38.1. The highest BCUT2D eigenvalue weighted by Gasteiger charge is 2.42. The van der Waals surface area contributed by atoms with Gasteiger partial charge in [0.2, 0.25) is 23.7 Å². The zero-order valence-electron chi connectivity index (χ0n) is 38.1. The number of likely N-dealkylation sites (tertiary alicyclic amines) is 2. The molecule has 0 radical (unpaired) electrons. The molecule has 5 fully saturated rings. The summed E-state index contributed by atoms with van der Waals surface area (Å²) in [5.74, 6) is -0.709. The number of rotatable bonds is 12. The van der Waals surface area contributed by atoms with Gasteiger partial charge in [-0.15, -0.1) is 0 Å². The van der Waals surface area contributed by atoms with Crippen molar-refractivity contribution in [2.24, 2.45) is 21.8 Å². The molecule has 4 amide bonds. The van der Waals surface area contributed by atoms with E-state index >= 15 is 0 Å². The number of guanidine groups is 2. The molecule has 0 aromatic rings. The minimum absolute atomic E-state index is 0.0149. The molecule has 0 spiro atoms. The van der Waals surface area contributed by atoms with Crippen LogP contribution in [0, 0.1) is 34.5 Å². The highest BCUT2D eigenvalue weighted by Crippen LogP contribution is 2.31. The largest absolute Gasteiger partial charge is 0.465 e. The van der Waals surface area contributed by atoms with Gasteiger partial charge in [0.1, 0.15) is 23.2 Å². The van der Waals surface area contributed by atoms with Crippen molar-refractivity contribution in [3.8, 4) is 12.1 Å². The maximum Gasteiger partial charge on any atom is 0.413 e. The molecule has 3 unspecified atom stereocenters. The van der Waals surface area contributed by atoms with Crippen LogP contribution in [0.4, 0.5) is 9.59 Å². The van der Waals surface area contributed by atoms with Crippen molar-refractivity contribution in [3.05, 3.63) is 0 Å². The van der Waals surface area contributed by atoms with Crippen molar-refractivity contribution in [3.63, 3.8) is 0 Å².